The minimum absolute atomic E-state index is 0.208. The van der Waals surface area contributed by atoms with Crippen LogP contribution in [0.3, 0.4) is 0 Å². The number of halogens is 1. The molecule has 1 nitrogen and oxygen atoms in total. The minimum Gasteiger partial charge on any atom is -0.320 e. The first-order chi connectivity index (χ1) is 8.78. The van der Waals surface area contributed by atoms with Crippen LogP contribution in [0.4, 0.5) is 4.39 Å². The van der Waals surface area contributed by atoms with Gasteiger partial charge in [-0.3, -0.25) is 0 Å². The molecule has 1 aliphatic carbocycles. The Bertz CT molecular complexity index is 455. The highest BCUT2D eigenvalue weighted by Gasteiger charge is 2.15. The van der Waals surface area contributed by atoms with Gasteiger partial charge in [0.15, 0.2) is 0 Å². The number of hydrogen-bond acceptors (Lipinski definition) is 2. The Morgan fingerprint density at radius 1 is 1.28 bits per heavy atom. The Kier molecular flexibility index (Phi) is 5.10. The highest BCUT2D eigenvalue weighted by Crippen LogP contribution is 2.31. The maximum Gasteiger partial charge on any atom is 0.124 e. The molecule has 2 N–H and O–H groups in total. The molecule has 1 aromatic rings. The topological polar surface area (TPSA) is 26.0 Å². The summed E-state index contributed by atoms with van der Waals surface area (Å²) < 4.78 is 13.4. The molecule has 0 heterocycles. The average molecular weight is 263 g/mol. The number of thioether (sulfide) groups is 1. The summed E-state index contributed by atoms with van der Waals surface area (Å²) in [5, 5.41) is 0.756. The van der Waals surface area contributed by atoms with Crippen LogP contribution < -0.4 is 5.73 Å². The monoisotopic (exact) mass is 263 g/mol. The van der Waals surface area contributed by atoms with Crippen molar-refractivity contribution in [3.05, 3.63) is 35.1 Å². The predicted molar refractivity (Wildman–Crippen MR) is 75.9 cm³/mol. The van der Waals surface area contributed by atoms with Crippen molar-refractivity contribution in [2.45, 2.75) is 36.7 Å². The van der Waals surface area contributed by atoms with E-state index in [-0.39, 0.29) is 5.82 Å². The molecule has 0 spiro atoms. The third-order valence-electron chi connectivity index (χ3n) is 3.08. The zero-order valence-electron chi connectivity index (χ0n) is 10.4. The second-order valence-electron chi connectivity index (χ2n) is 4.57. The van der Waals surface area contributed by atoms with Crippen LogP contribution >= 0.6 is 11.8 Å². The van der Waals surface area contributed by atoms with Crippen LogP contribution in [0.1, 0.15) is 36.8 Å². The van der Waals surface area contributed by atoms with Gasteiger partial charge in [-0.25, -0.2) is 4.39 Å². The molecule has 1 aromatic carbocycles. The van der Waals surface area contributed by atoms with E-state index in [1.807, 2.05) is 17.8 Å². The van der Waals surface area contributed by atoms with Crippen LogP contribution in [0, 0.1) is 17.7 Å². The average Bonchev–Trinajstić information content (AvgIpc) is 2.86. The van der Waals surface area contributed by atoms with Crippen LogP contribution in [-0.4, -0.2) is 11.8 Å². The van der Waals surface area contributed by atoms with Crippen molar-refractivity contribution in [3.63, 3.8) is 0 Å². The molecule has 0 aliphatic heterocycles. The van der Waals surface area contributed by atoms with Gasteiger partial charge in [0.1, 0.15) is 5.82 Å². The van der Waals surface area contributed by atoms with Crippen LogP contribution in [-0.2, 0) is 5.75 Å². The maximum absolute atomic E-state index is 13.4. The summed E-state index contributed by atoms with van der Waals surface area (Å²) in [7, 11) is 0. The quantitative estimate of drug-likeness (QED) is 0.847. The Morgan fingerprint density at radius 3 is 2.78 bits per heavy atom. The zero-order valence-corrected chi connectivity index (χ0v) is 11.2. The molecule has 0 bridgehead atoms. The molecule has 1 aliphatic rings. The maximum atomic E-state index is 13.4. The van der Waals surface area contributed by atoms with Crippen LogP contribution in [0.5, 0.6) is 0 Å². The van der Waals surface area contributed by atoms with Gasteiger partial charge in [-0.2, -0.15) is 11.8 Å². The van der Waals surface area contributed by atoms with E-state index in [9.17, 15) is 4.39 Å². The highest BCUT2D eigenvalue weighted by atomic mass is 32.2. The van der Waals surface area contributed by atoms with Crippen molar-refractivity contribution in [1.29, 1.82) is 0 Å². The Labute approximate surface area is 112 Å². The molecule has 2 rings (SSSR count). The van der Waals surface area contributed by atoms with Gasteiger partial charge in [-0.1, -0.05) is 24.7 Å². The first-order valence-corrected chi connectivity index (χ1v) is 7.43. The molecule has 18 heavy (non-hydrogen) atoms. The van der Waals surface area contributed by atoms with Crippen molar-refractivity contribution in [2.24, 2.45) is 5.73 Å². The molecule has 0 unspecified atom stereocenters. The highest BCUT2D eigenvalue weighted by molar-refractivity contribution is 7.99. The number of benzene rings is 1. The molecule has 0 aromatic heterocycles. The molecule has 96 valence electrons. The van der Waals surface area contributed by atoms with Crippen LogP contribution in [0.15, 0.2) is 18.2 Å². The van der Waals surface area contributed by atoms with E-state index in [0.717, 1.165) is 22.1 Å². The lowest BCUT2D eigenvalue weighted by atomic mass is 10.1. The van der Waals surface area contributed by atoms with Gasteiger partial charge >= 0.3 is 0 Å². The third kappa shape index (κ3) is 4.04. The Balaban J connectivity index is 2.00. The van der Waals surface area contributed by atoms with Crippen molar-refractivity contribution in [3.8, 4) is 11.8 Å². The molecule has 1 fully saturated rings. The fourth-order valence-electron chi connectivity index (χ4n) is 2.23. The third-order valence-corrected chi connectivity index (χ3v) is 4.52. The lowest BCUT2D eigenvalue weighted by molar-refractivity contribution is 0.626. The second-order valence-corrected chi connectivity index (χ2v) is 5.86. The normalized spacial score (nSPS) is 15.4. The van der Waals surface area contributed by atoms with E-state index in [1.54, 1.807) is 6.07 Å². The fourth-order valence-corrected chi connectivity index (χ4v) is 3.49. The van der Waals surface area contributed by atoms with Gasteiger partial charge in [0.2, 0.25) is 0 Å². The largest absolute Gasteiger partial charge is 0.320 e. The van der Waals surface area contributed by atoms with E-state index < -0.39 is 0 Å². The Hall–Kier alpha value is -0.980. The minimum atomic E-state index is -0.208. The number of nitrogens with two attached hydrogens (primary N) is 1. The second kappa shape index (κ2) is 6.82. The molecule has 3 heteroatoms. The van der Waals surface area contributed by atoms with Gasteiger partial charge in [-0.15, -0.1) is 0 Å². The molecule has 1 saturated carbocycles. The summed E-state index contributed by atoms with van der Waals surface area (Å²) in [5.74, 6) is 6.32. The first-order valence-electron chi connectivity index (χ1n) is 6.38. The molecular weight excluding hydrogens is 245 g/mol. The number of hydrogen-bond donors (Lipinski definition) is 1. The summed E-state index contributed by atoms with van der Waals surface area (Å²) >= 11 is 1.94. The summed E-state index contributed by atoms with van der Waals surface area (Å²) in [5.41, 5.74) is 7.07. The van der Waals surface area contributed by atoms with Crippen molar-refractivity contribution >= 4 is 11.8 Å². The lowest BCUT2D eigenvalue weighted by Gasteiger charge is -2.08. The zero-order chi connectivity index (χ0) is 12.8. The Morgan fingerprint density at radius 2 is 2.06 bits per heavy atom. The van der Waals surface area contributed by atoms with Crippen molar-refractivity contribution < 1.29 is 4.39 Å². The summed E-state index contributed by atoms with van der Waals surface area (Å²) in [6, 6.07) is 5.04. The lowest BCUT2D eigenvalue weighted by Crippen LogP contribution is -1.96. The molecule has 0 atom stereocenters. The molecular formula is C15H18FNS. The number of rotatable bonds is 3. The van der Waals surface area contributed by atoms with Crippen molar-refractivity contribution in [1.82, 2.24) is 0 Å². The first kappa shape index (κ1) is 13.5. The smallest absolute Gasteiger partial charge is 0.124 e. The summed E-state index contributed by atoms with van der Waals surface area (Å²) in [6.45, 7) is 0.308. The summed E-state index contributed by atoms with van der Waals surface area (Å²) in [4.78, 5) is 0. The standard InChI is InChI=1S/C15H18FNS/c16-14-9-12(4-3-7-17)8-13(10-14)11-18-15-5-1-2-6-15/h8-10,15H,1-2,5-7,11,17H2. The van der Waals surface area contributed by atoms with Gasteiger partial charge in [-0.05, 0) is 36.6 Å². The van der Waals surface area contributed by atoms with Crippen LogP contribution in [0.25, 0.3) is 0 Å². The van der Waals surface area contributed by atoms with Gasteiger partial charge in [0.25, 0.3) is 0 Å². The van der Waals surface area contributed by atoms with Crippen LogP contribution in [0.2, 0.25) is 0 Å². The van der Waals surface area contributed by atoms with E-state index in [0.29, 0.717) is 6.54 Å². The van der Waals surface area contributed by atoms with E-state index in [4.69, 9.17) is 5.73 Å². The predicted octanol–water partition coefficient (Wildman–Crippen LogP) is 3.31. The van der Waals surface area contributed by atoms with Gasteiger partial charge in [0.05, 0.1) is 6.54 Å². The van der Waals surface area contributed by atoms with Gasteiger partial charge in [0, 0.05) is 16.6 Å². The van der Waals surface area contributed by atoms with E-state index in [2.05, 4.69) is 11.8 Å². The van der Waals surface area contributed by atoms with E-state index in [1.165, 1.54) is 31.7 Å². The summed E-state index contributed by atoms with van der Waals surface area (Å²) in [6.07, 6.45) is 5.29. The molecule has 0 amide bonds. The molecule has 0 saturated heterocycles. The SMILES string of the molecule is NCC#Cc1cc(F)cc(CSC2CCCC2)c1. The van der Waals surface area contributed by atoms with Crippen molar-refractivity contribution in [2.75, 3.05) is 6.54 Å². The molecule has 0 radical (unpaired) electrons. The van der Waals surface area contributed by atoms with E-state index >= 15 is 0 Å². The van der Waals surface area contributed by atoms with Gasteiger partial charge < -0.3 is 5.73 Å². The fraction of sp³-hybridized carbons (Fsp3) is 0.467.